The second-order valence-electron chi connectivity index (χ2n) is 15.4. The number of nitrogens with one attached hydrogen (secondary N) is 3. The average Bonchev–Trinajstić information content (AvgIpc) is 3.74. The fraction of sp³-hybridized carbons (Fsp3) is 0.415. The van der Waals surface area contributed by atoms with Crippen LogP contribution < -0.4 is 20.1 Å². The van der Waals surface area contributed by atoms with Crippen molar-refractivity contribution in [3.8, 4) is 11.5 Å². The summed E-state index contributed by atoms with van der Waals surface area (Å²) in [7, 11) is 3.35. The lowest BCUT2D eigenvalue weighted by molar-refractivity contribution is -0.120. The molecule has 9 rings (SSSR count). The van der Waals surface area contributed by atoms with Crippen molar-refractivity contribution in [2.45, 2.75) is 89.0 Å². The van der Waals surface area contributed by atoms with E-state index in [-0.39, 0.29) is 35.2 Å². The topological polar surface area (TPSA) is 123 Å². The van der Waals surface area contributed by atoms with Gasteiger partial charge in [-0.15, -0.1) is 0 Å². The van der Waals surface area contributed by atoms with E-state index in [0.717, 1.165) is 87.1 Å². The van der Waals surface area contributed by atoms with E-state index in [1.807, 2.05) is 53.3 Å². The molecule has 3 N–H and O–H groups in total. The van der Waals surface area contributed by atoms with Crippen LogP contribution in [0.3, 0.4) is 0 Å². The normalized spacial score (nSPS) is 25.0. The maximum Gasteiger partial charge on any atom is 0.163 e. The molecule has 51 heavy (non-hydrogen) atoms. The fourth-order valence-corrected chi connectivity index (χ4v) is 10.1. The molecule has 262 valence electrons. The highest BCUT2D eigenvalue weighted by molar-refractivity contribution is 6.03. The predicted molar refractivity (Wildman–Crippen MR) is 194 cm³/mol. The van der Waals surface area contributed by atoms with Crippen molar-refractivity contribution in [2.75, 3.05) is 24.9 Å². The van der Waals surface area contributed by atoms with Gasteiger partial charge in [0.05, 0.1) is 19.8 Å². The van der Waals surface area contributed by atoms with Crippen LogP contribution in [0.25, 0.3) is 0 Å². The molecule has 1 spiro atoms. The number of nitrogens with zero attached hydrogens (tertiary/aromatic N) is 3. The number of carbonyl (C=O) groups excluding carboxylic acids is 2. The lowest BCUT2D eigenvalue weighted by Gasteiger charge is -2.44. The van der Waals surface area contributed by atoms with E-state index < -0.39 is 5.54 Å². The first-order valence-electron chi connectivity index (χ1n) is 18.2. The van der Waals surface area contributed by atoms with E-state index in [2.05, 4.69) is 40.7 Å². The molecule has 5 aliphatic rings. The van der Waals surface area contributed by atoms with Crippen molar-refractivity contribution < 1.29 is 19.1 Å². The van der Waals surface area contributed by atoms with Gasteiger partial charge in [0.2, 0.25) is 0 Å². The molecule has 3 aliphatic carbocycles. The molecular formula is C41H44N6O4. The van der Waals surface area contributed by atoms with Gasteiger partial charge in [-0.25, -0.2) is 0 Å². The van der Waals surface area contributed by atoms with Crippen molar-refractivity contribution in [1.82, 2.24) is 20.0 Å². The van der Waals surface area contributed by atoms with Crippen LogP contribution in [-0.2, 0) is 15.1 Å². The summed E-state index contributed by atoms with van der Waals surface area (Å²) in [4.78, 5) is 29.0. The summed E-state index contributed by atoms with van der Waals surface area (Å²) in [6, 6.07) is 15.9. The zero-order chi connectivity index (χ0) is 35.1. The standard InChI is InChI=1S/C41H44N6O4/c1-23-33-35(25-13-7-9-15-32(25)51-4)37-28(19-41(21-30(37)49)16-10-5-11-17-41)44-39(33)46-47(23)40(2)18-27-36(29(48)20-40)34(26-22-42-45-38(26)43-27)24-12-6-8-14-31(24)50-3/h6-9,12-15,22,34-35H,5,10-11,16-21H2,1-4H3,(H,44,46)(H2,42,43,45). The molecule has 10 nitrogen and oxygen atoms in total. The molecule has 4 heterocycles. The third kappa shape index (κ3) is 4.82. The number of fused-ring (bicyclic) bond motifs is 2. The van der Waals surface area contributed by atoms with Crippen LogP contribution in [0.4, 0.5) is 11.6 Å². The Hall–Kier alpha value is -5.12. The molecule has 2 aromatic carbocycles. The number of hydrogen-bond donors (Lipinski definition) is 3. The Morgan fingerprint density at radius 2 is 1.35 bits per heavy atom. The minimum Gasteiger partial charge on any atom is -0.496 e. The Balaban J connectivity index is 1.16. The van der Waals surface area contributed by atoms with E-state index in [1.165, 1.54) is 19.3 Å². The molecular weight excluding hydrogens is 640 g/mol. The Labute approximate surface area is 297 Å². The molecule has 2 aliphatic heterocycles. The summed E-state index contributed by atoms with van der Waals surface area (Å²) in [6.07, 6.45) is 9.83. The van der Waals surface area contributed by atoms with E-state index in [0.29, 0.717) is 18.7 Å². The number of H-pyrrole nitrogens is 1. The number of carbonyl (C=O) groups is 2. The number of para-hydroxylation sites is 2. The first-order chi connectivity index (χ1) is 24.7. The Morgan fingerprint density at radius 3 is 2.06 bits per heavy atom. The quantitative estimate of drug-likeness (QED) is 0.196. The molecule has 3 unspecified atom stereocenters. The van der Waals surface area contributed by atoms with Crippen LogP contribution in [0.5, 0.6) is 11.5 Å². The second kappa shape index (κ2) is 11.7. The third-order valence-electron chi connectivity index (χ3n) is 12.3. The number of ketones is 2. The molecule has 2 aromatic heterocycles. The average molecular weight is 685 g/mol. The molecule has 3 atom stereocenters. The van der Waals surface area contributed by atoms with Crippen molar-refractivity contribution in [1.29, 1.82) is 0 Å². The Kier molecular flexibility index (Phi) is 7.31. The predicted octanol–water partition coefficient (Wildman–Crippen LogP) is 7.65. The monoisotopic (exact) mass is 684 g/mol. The van der Waals surface area contributed by atoms with Gasteiger partial charge in [0.15, 0.2) is 23.2 Å². The first kappa shape index (κ1) is 31.8. The minimum absolute atomic E-state index is 0.00197. The number of rotatable bonds is 5. The largest absolute Gasteiger partial charge is 0.496 e. The molecule has 0 radical (unpaired) electrons. The third-order valence-corrected chi connectivity index (χ3v) is 12.3. The summed E-state index contributed by atoms with van der Waals surface area (Å²) in [5.74, 6) is 2.58. The van der Waals surface area contributed by atoms with Gasteiger partial charge in [0.25, 0.3) is 0 Å². The van der Waals surface area contributed by atoms with Crippen LogP contribution in [0.1, 0.15) is 104 Å². The van der Waals surface area contributed by atoms with E-state index in [4.69, 9.17) is 14.6 Å². The van der Waals surface area contributed by atoms with Crippen LogP contribution >= 0.6 is 0 Å². The van der Waals surface area contributed by atoms with Crippen LogP contribution in [0.2, 0.25) is 0 Å². The highest BCUT2D eigenvalue weighted by Crippen LogP contribution is 2.56. The number of hydrogen-bond acceptors (Lipinski definition) is 8. The van der Waals surface area contributed by atoms with Gasteiger partial charge < -0.3 is 20.1 Å². The first-order valence-corrected chi connectivity index (χ1v) is 18.2. The van der Waals surface area contributed by atoms with E-state index >= 15 is 0 Å². The Bertz CT molecular complexity index is 2170. The zero-order valence-electron chi connectivity index (χ0n) is 29.7. The van der Waals surface area contributed by atoms with Gasteiger partial charge in [-0.1, -0.05) is 55.7 Å². The zero-order valence-corrected chi connectivity index (χ0v) is 29.7. The maximum absolute atomic E-state index is 14.6. The van der Waals surface area contributed by atoms with Crippen molar-refractivity contribution in [3.05, 3.63) is 105 Å². The number of benzene rings is 2. The summed E-state index contributed by atoms with van der Waals surface area (Å²) < 4.78 is 13.8. The molecule has 0 bridgehead atoms. The summed E-state index contributed by atoms with van der Waals surface area (Å²) in [6.45, 7) is 4.20. The van der Waals surface area contributed by atoms with Crippen LogP contribution in [0.15, 0.2) is 77.3 Å². The van der Waals surface area contributed by atoms with Crippen molar-refractivity contribution in [3.63, 3.8) is 0 Å². The van der Waals surface area contributed by atoms with Crippen molar-refractivity contribution >= 4 is 23.2 Å². The number of ether oxygens (including phenoxy) is 2. The Morgan fingerprint density at radius 1 is 0.745 bits per heavy atom. The number of Topliss-reactive ketones (excluding diaryl/α,β-unsaturated/α-hetero) is 2. The van der Waals surface area contributed by atoms with Gasteiger partial charge in [-0.05, 0) is 50.7 Å². The van der Waals surface area contributed by atoms with Crippen LogP contribution in [-0.4, -0.2) is 45.8 Å². The number of aromatic amines is 1. The van der Waals surface area contributed by atoms with Gasteiger partial charge in [0, 0.05) is 87.8 Å². The van der Waals surface area contributed by atoms with Gasteiger partial charge in [0.1, 0.15) is 11.5 Å². The van der Waals surface area contributed by atoms with Gasteiger partial charge >= 0.3 is 0 Å². The number of allylic oxidation sites excluding steroid dienone is 4. The smallest absolute Gasteiger partial charge is 0.163 e. The van der Waals surface area contributed by atoms with E-state index in [9.17, 15) is 9.59 Å². The van der Waals surface area contributed by atoms with Gasteiger partial charge in [-0.3, -0.25) is 19.4 Å². The molecule has 10 heteroatoms. The molecule has 1 fully saturated rings. The molecule has 4 aromatic rings. The summed E-state index contributed by atoms with van der Waals surface area (Å²) in [5.41, 5.74) is 7.44. The summed E-state index contributed by atoms with van der Waals surface area (Å²) >= 11 is 0. The number of methoxy groups -OCH3 is 2. The highest BCUT2D eigenvalue weighted by Gasteiger charge is 2.50. The minimum atomic E-state index is -0.689. The molecule has 0 saturated heterocycles. The van der Waals surface area contributed by atoms with Crippen LogP contribution in [0, 0.1) is 12.3 Å². The SMILES string of the molecule is COc1ccccc1C1C2=C(CC(C)(n3nc4c(c3C)C(c3ccccc3OC)C3=C(CC5(CCCCC5)CC3=O)N4)CC2=O)Nc2n[nH]cc21. The lowest BCUT2D eigenvalue weighted by atomic mass is 9.62. The van der Waals surface area contributed by atoms with E-state index in [1.54, 1.807) is 14.2 Å². The number of anilines is 2. The lowest BCUT2D eigenvalue weighted by Crippen LogP contribution is -2.42. The highest BCUT2D eigenvalue weighted by atomic mass is 16.5. The number of aromatic nitrogens is 4. The van der Waals surface area contributed by atoms with Gasteiger partial charge in [-0.2, -0.15) is 10.2 Å². The summed E-state index contributed by atoms with van der Waals surface area (Å²) in [5, 5.41) is 20.1. The second-order valence-corrected chi connectivity index (χ2v) is 15.4. The molecule has 0 amide bonds. The van der Waals surface area contributed by atoms with Crippen molar-refractivity contribution in [2.24, 2.45) is 5.41 Å². The fourth-order valence-electron chi connectivity index (χ4n) is 10.1. The molecule has 1 saturated carbocycles. The maximum atomic E-state index is 14.6.